The molecule has 3 aliphatic rings. The van der Waals surface area contributed by atoms with Crippen molar-refractivity contribution in [1.29, 1.82) is 0 Å². The standard InChI is InChI=1S/C14H26N2S/c1-2-14-10-13(5-8-16(14)7-1)15-6-9-17-11-12-3-4-12/h12-15H,1-11H2. The summed E-state index contributed by atoms with van der Waals surface area (Å²) in [7, 11) is 0. The zero-order valence-corrected chi connectivity index (χ0v) is 11.7. The molecule has 3 heteroatoms. The van der Waals surface area contributed by atoms with Crippen molar-refractivity contribution in [3.8, 4) is 0 Å². The average molecular weight is 254 g/mol. The highest BCUT2D eigenvalue weighted by atomic mass is 32.2. The molecule has 0 radical (unpaired) electrons. The maximum absolute atomic E-state index is 3.78. The fourth-order valence-corrected chi connectivity index (χ4v) is 4.38. The fraction of sp³-hybridized carbons (Fsp3) is 1.00. The van der Waals surface area contributed by atoms with Crippen molar-refractivity contribution in [2.45, 2.75) is 50.6 Å². The highest BCUT2D eigenvalue weighted by Gasteiger charge is 2.31. The van der Waals surface area contributed by atoms with Crippen molar-refractivity contribution in [1.82, 2.24) is 10.2 Å². The van der Waals surface area contributed by atoms with Crippen LogP contribution in [-0.4, -0.2) is 48.1 Å². The van der Waals surface area contributed by atoms with E-state index < -0.39 is 0 Å². The molecule has 0 bridgehead atoms. The third-order valence-electron chi connectivity index (χ3n) is 4.55. The van der Waals surface area contributed by atoms with Crippen molar-refractivity contribution in [3.63, 3.8) is 0 Å². The van der Waals surface area contributed by atoms with Gasteiger partial charge in [0.25, 0.3) is 0 Å². The Balaban J connectivity index is 1.27. The normalized spacial score (nSPS) is 33.9. The van der Waals surface area contributed by atoms with E-state index in [9.17, 15) is 0 Å². The molecule has 98 valence electrons. The summed E-state index contributed by atoms with van der Waals surface area (Å²) in [6.07, 6.45) is 8.68. The lowest BCUT2D eigenvalue weighted by molar-refractivity contribution is 0.168. The minimum atomic E-state index is 0.816. The van der Waals surface area contributed by atoms with Crippen LogP contribution in [0.15, 0.2) is 0 Å². The van der Waals surface area contributed by atoms with E-state index in [2.05, 4.69) is 22.0 Å². The van der Waals surface area contributed by atoms with Gasteiger partial charge in [-0.2, -0.15) is 11.8 Å². The van der Waals surface area contributed by atoms with Crippen LogP contribution in [0, 0.1) is 5.92 Å². The van der Waals surface area contributed by atoms with Gasteiger partial charge in [0.15, 0.2) is 0 Å². The number of hydrogen-bond acceptors (Lipinski definition) is 3. The van der Waals surface area contributed by atoms with Crippen LogP contribution >= 0.6 is 11.8 Å². The van der Waals surface area contributed by atoms with Gasteiger partial charge in [0.05, 0.1) is 0 Å². The first-order valence-corrected chi connectivity index (χ1v) is 8.62. The second-order valence-corrected chi connectivity index (χ2v) is 7.18. The summed E-state index contributed by atoms with van der Waals surface area (Å²) in [6.45, 7) is 3.95. The summed E-state index contributed by atoms with van der Waals surface area (Å²) in [6, 6.07) is 1.73. The van der Waals surface area contributed by atoms with Gasteiger partial charge in [-0.05, 0) is 63.3 Å². The molecule has 1 aliphatic carbocycles. The summed E-state index contributed by atoms with van der Waals surface area (Å²) in [5.41, 5.74) is 0. The predicted octanol–water partition coefficient (Wildman–Crippen LogP) is 2.35. The number of fused-ring (bicyclic) bond motifs is 1. The molecule has 2 heterocycles. The quantitative estimate of drug-likeness (QED) is 0.733. The molecule has 0 aromatic heterocycles. The molecule has 3 rings (SSSR count). The molecule has 0 aromatic carbocycles. The van der Waals surface area contributed by atoms with E-state index in [1.807, 2.05) is 0 Å². The van der Waals surface area contributed by atoms with Crippen molar-refractivity contribution in [2.24, 2.45) is 5.92 Å². The first-order chi connectivity index (χ1) is 8.42. The molecule has 2 unspecified atom stereocenters. The zero-order valence-electron chi connectivity index (χ0n) is 10.9. The van der Waals surface area contributed by atoms with Crippen LogP contribution in [-0.2, 0) is 0 Å². The number of rotatable bonds is 6. The van der Waals surface area contributed by atoms with Crippen molar-refractivity contribution in [2.75, 3.05) is 31.1 Å². The molecule has 1 saturated carbocycles. The SMILES string of the molecule is C1CC2CC(NCCSCC3CC3)CCN2C1. The van der Waals surface area contributed by atoms with Crippen LogP contribution in [0.4, 0.5) is 0 Å². The van der Waals surface area contributed by atoms with Gasteiger partial charge in [-0.15, -0.1) is 0 Å². The molecule has 0 amide bonds. The molecule has 2 nitrogen and oxygen atoms in total. The summed E-state index contributed by atoms with van der Waals surface area (Å²) in [4.78, 5) is 2.71. The second kappa shape index (κ2) is 5.94. The molecule has 2 saturated heterocycles. The molecule has 1 N–H and O–H groups in total. The van der Waals surface area contributed by atoms with Gasteiger partial charge in [0.1, 0.15) is 0 Å². The van der Waals surface area contributed by atoms with E-state index in [-0.39, 0.29) is 0 Å². The number of hydrogen-bond donors (Lipinski definition) is 1. The minimum Gasteiger partial charge on any atom is -0.313 e. The van der Waals surface area contributed by atoms with E-state index in [1.54, 1.807) is 0 Å². The van der Waals surface area contributed by atoms with E-state index in [0.29, 0.717) is 0 Å². The number of nitrogens with one attached hydrogen (secondary N) is 1. The maximum Gasteiger partial charge on any atom is 0.0111 e. The monoisotopic (exact) mass is 254 g/mol. The third kappa shape index (κ3) is 3.62. The van der Waals surface area contributed by atoms with Crippen molar-refractivity contribution < 1.29 is 0 Å². The smallest absolute Gasteiger partial charge is 0.0111 e. The maximum atomic E-state index is 3.78. The van der Waals surface area contributed by atoms with Gasteiger partial charge in [-0.25, -0.2) is 0 Å². The summed E-state index contributed by atoms with van der Waals surface area (Å²) in [5.74, 6) is 3.83. The van der Waals surface area contributed by atoms with E-state index in [4.69, 9.17) is 0 Å². The fourth-order valence-electron chi connectivity index (χ4n) is 3.28. The minimum absolute atomic E-state index is 0.816. The molecule has 17 heavy (non-hydrogen) atoms. The van der Waals surface area contributed by atoms with Gasteiger partial charge < -0.3 is 10.2 Å². The lowest BCUT2D eigenvalue weighted by Crippen LogP contribution is -2.46. The average Bonchev–Trinajstić information content (AvgIpc) is 3.05. The number of nitrogens with zero attached hydrogens (tertiary/aromatic N) is 1. The Morgan fingerprint density at radius 2 is 2.06 bits per heavy atom. The Bertz CT molecular complexity index is 242. The van der Waals surface area contributed by atoms with Crippen LogP contribution in [0.25, 0.3) is 0 Å². The summed E-state index contributed by atoms with van der Waals surface area (Å²) >= 11 is 2.16. The van der Waals surface area contributed by atoms with E-state index in [0.717, 1.165) is 18.0 Å². The first kappa shape index (κ1) is 12.3. The first-order valence-electron chi connectivity index (χ1n) is 7.47. The Morgan fingerprint density at radius 1 is 1.12 bits per heavy atom. The topological polar surface area (TPSA) is 15.3 Å². The number of piperidine rings is 1. The third-order valence-corrected chi connectivity index (χ3v) is 5.75. The predicted molar refractivity (Wildman–Crippen MR) is 75.7 cm³/mol. The molecule has 2 atom stereocenters. The van der Waals surface area contributed by atoms with Gasteiger partial charge in [0, 0.05) is 24.4 Å². The highest BCUT2D eigenvalue weighted by Crippen LogP contribution is 2.32. The summed E-state index contributed by atoms with van der Waals surface area (Å²) in [5, 5.41) is 3.78. The van der Waals surface area contributed by atoms with E-state index in [1.165, 1.54) is 69.7 Å². The lowest BCUT2D eigenvalue weighted by atomic mass is 9.98. The van der Waals surface area contributed by atoms with Gasteiger partial charge in [0.2, 0.25) is 0 Å². The molecular weight excluding hydrogens is 228 g/mol. The zero-order chi connectivity index (χ0) is 11.5. The molecule has 0 aromatic rings. The van der Waals surface area contributed by atoms with Crippen LogP contribution in [0.3, 0.4) is 0 Å². The Morgan fingerprint density at radius 3 is 2.94 bits per heavy atom. The number of thioether (sulfide) groups is 1. The molecule has 3 fully saturated rings. The highest BCUT2D eigenvalue weighted by molar-refractivity contribution is 7.99. The lowest BCUT2D eigenvalue weighted by Gasteiger charge is -2.35. The van der Waals surface area contributed by atoms with Crippen molar-refractivity contribution >= 4 is 11.8 Å². The largest absolute Gasteiger partial charge is 0.313 e. The van der Waals surface area contributed by atoms with Gasteiger partial charge in [-0.3, -0.25) is 0 Å². The second-order valence-electron chi connectivity index (χ2n) is 6.03. The Kier molecular flexibility index (Phi) is 4.30. The molecule has 0 spiro atoms. The van der Waals surface area contributed by atoms with Crippen LogP contribution in [0.1, 0.15) is 38.5 Å². The van der Waals surface area contributed by atoms with Crippen LogP contribution < -0.4 is 5.32 Å². The van der Waals surface area contributed by atoms with Gasteiger partial charge in [-0.1, -0.05) is 0 Å². The Hall–Kier alpha value is 0.270. The summed E-state index contributed by atoms with van der Waals surface area (Å²) < 4.78 is 0. The van der Waals surface area contributed by atoms with Crippen molar-refractivity contribution in [3.05, 3.63) is 0 Å². The Labute approximate surface area is 110 Å². The van der Waals surface area contributed by atoms with E-state index >= 15 is 0 Å². The molecule has 2 aliphatic heterocycles. The molecular formula is C14H26N2S. The van der Waals surface area contributed by atoms with Crippen LogP contribution in [0.5, 0.6) is 0 Å². The van der Waals surface area contributed by atoms with Crippen LogP contribution in [0.2, 0.25) is 0 Å². The van der Waals surface area contributed by atoms with Gasteiger partial charge >= 0.3 is 0 Å².